The van der Waals surface area contributed by atoms with Gasteiger partial charge in [-0.2, -0.15) is 0 Å². The van der Waals surface area contributed by atoms with E-state index in [4.69, 9.17) is 16.3 Å². The second-order valence-corrected chi connectivity index (χ2v) is 4.03. The maximum absolute atomic E-state index is 11.4. The number of carbonyl (C=O) groups excluding carboxylic acids is 1. The summed E-state index contributed by atoms with van der Waals surface area (Å²) in [6.45, 7) is 1.89. The van der Waals surface area contributed by atoms with Crippen LogP contribution in [0.5, 0.6) is 0 Å². The van der Waals surface area contributed by atoms with Crippen molar-refractivity contribution in [3.05, 3.63) is 37.3 Å². The highest BCUT2D eigenvalue weighted by atomic mass is 79.9. The Balaban J connectivity index is 3.19. The molecule has 0 fully saturated rings. The zero-order valence-electron chi connectivity index (χ0n) is 8.20. The zero-order chi connectivity index (χ0) is 12.3. The molecule has 0 amide bonds. The molecule has 0 aromatic heterocycles. The number of hydrogen-bond acceptors (Lipinski definition) is 4. The highest BCUT2D eigenvalue weighted by molar-refractivity contribution is 9.10. The summed E-state index contributed by atoms with van der Waals surface area (Å²) < 4.78 is 4.90. The Morgan fingerprint density at radius 1 is 1.62 bits per heavy atom. The summed E-state index contributed by atoms with van der Waals surface area (Å²) in [4.78, 5) is 21.4. The molecule has 1 aromatic carbocycles. The molecule has 16 heavy (non-hydrogen) atoms. The Morgan fingerprint density at radius 3 is 2.69 bits per heavy atom. The van der Waals surface area contributed by atoms with E-state index in [9.17, 15) is 14.9 Å². The lowest BCUT2D eigenvalue weighted by atomic mass is 10.2. The number of hydrogen-bond donors (Lipinski definition) is 0. The topological polar surface area (TPSA) is 69.4 Å². The van der Waals surface area contributed by atoms with Crippen LogP contribution in [0.2, 0.25) is 5.02 Å². The van der Waals surface area contributed by atoms with Gasteiger partial charge in [0.15, 0.2) is 0 Å². The molecule has 7 heteroatoms. The standard InChI is InChI=1S/C9H7BrClNO4/c1-2-16-9(13)5-3-6(10)8(12(14)15)7(11)4-5/h3-4H,2H2,1H3. The van der Waals surface area contributed by atoms with Crippen LogP contribution in [0.25, 0.3) is 0 Å². The summed E-state index contributed by atoms with van der Waals surface area (Å²) >= 11 is 8.68. The number of nitrogens with zero attached hydrogens (tertiary/aromatic N) is 1. The smallest absolute Gasteiger partial charge is 0.338 e. The van der Waals surface area contributed by atoms with E-state index in [1.807, 2.05) is 0 Å². The van der Waals surface area contributed by atoms with Crippen LogP contribution in [0.1, 0.15) is 17.3 Å². The van der Waals surface area contributed by atoms with E-state index in [1.54, 1.807) is 6.92 Å². The van der Waals surface area contributed by atoms with Gasteiger partial charge >= 0.3 is 11.7 Å². The molecule has 0 aliphatic carbocycles. The Morgan fingerprint density at radius 2 is 2.25 bits per heavy atom. The fraction of sp³-hybridized carbons (Fsp3) is 0.222. The lowest BCUT2D eigenvalue weighted by Gasteiger charge is -2.04. The van der Waals surface area contributed by atoms with Crippen molar-refractivity contribution in [1.82, 2.24) is 0 Å². The number of halogens is 2. The maximum Gasteiger partial charge on any atom is 0.338 e. The number of benzene rings is 1. The zero-order valence-corrected chi connectivity index (χ0v) is 10.5. The van der Waals surface area contributed by atoms with Crippen molar-refractivity contribution in [1.29, 1.82) is 0 Å². The van der Waals surface area contributed by atoms with Crippen LogP contribution >= 0.6 is 27.5 Å². The van der Waals surface area contributed by atoms with Crippen molar-refractivity contribution >= 4 is 39.2 Å². The predicted molar refractivity (Wildman–Crippen MR) is 61.8 cm³/mol. The Labute approximate surface area is 105 Å². The number of nitro groups is 1. The molecule has 0 bridgehead atoms. The molecule has 0 aliphatic rings. The van der Waals surface area contributed by atoms with E-state index < -0.39 is 10.9 Å². The second-order valence-electron chi connectivity index (χ2n) is 2.77. The first-order valence-electron chi connectivity index (χ1n) is 4.28. The van der Waals surface area contributed by atoms with Gasteiger partial charge in [-0.05, 0) is 35.0 Å². The van der Waals surface area contributed by atoms with Gasteiger partial charge in [-0.1, -0.05) is 11.6 Å². The average Bonchev–Trinajstić information content (AvgIpc) is 2.16. The Hall–Kier alpha value is -1.14. The summed E-state index contributed by atoms with van der Waals surface area (Å²) in [6.07, 6.45) is 0. The van der Waals surface area contributed by atoms with Gasteiger partial charge in [-0.25, -0.2) is 4.79 Å². The van der Waals surface area contributed by atoms with Gasteiger partial charge in [0.1, 0.15) is 5.02 Å². The van der Waals surface area contributed by atoms with Gasteiger partial charge in [-0.3, -0.25) is 10.1 Å². The molecule has 0 N–H and O–H groups in total. The largest absolute Gasteiger partial charge is 0.462 e. The van der Waals surface area contributed by atoms with Gasteiger partial charge in [-0.15, -0.1) is 0 Å². The fourth-order valence-corrected chi connectivity index (χ4v) is 2.08. The third kappa shape index (κ3) is 2.70. The lowest BCUT2D eigenvalue weighted by Crippen LogP contribution is -2.05. The molecule has 1 aromatic rings. The third-order valence-electron chi connectivity index (χ3n) is 1.71. The molecule has 0 unspecified atom stereocenters. The number of esters is 1. The molecule has 0 saturated carbocycles. The minimum atomic E-state index is -0.624. The van der Waals surface area contributed by atoms with Crippen LogP contribution in [0.3, 0.4) is 0 Å². The number of ether oxygens (including phenoxy) is 1. The van der Waals surface area contributed by atoms with Crippen molar-refractivity contribution in [2.75, 3.05) is 6.61 Å². The van der Waals surface area contributed by atoms with Crippen LogP contribution in [0, 0.1) is 10.1 Å². The van der Waals surface area contributed by atoms with E-state index in [1.165, 1.54) is 12.1 Å². The lowest BCUT2D eigenvalue weighted by molar-refractivity contribution is -0.385. The molecule has 0 saturated heterocycles. The first-order chi connectivity index (χ1) is 7.47. The summed E-state index contributed by atoms with van der Waals surface area (Å²) in [7, 11) is 0. The fourth-order valence-electron chi connectivity index (χ4n) is 1.07. The average molecular weight is 309 g/mol. The minimum Gasteiger partial charge on any atom is -0.462 e. The van der Waals surface area contributed by atoms with Crippen molar-refractivity contribution in [2.24, 2.45) is 0 Å². The van der Waals surface area contributed by atoms with Gasteiger partial charge in [0.05, 0.1) is 21.6 Å². The molecule has 5 nitrogen and oxygen atoms in total. The molecular weight excluding hydrogens is 301 g/mol. The SMILES string of the molecule is CCOC(=O)c1cc(Cl)c([N+](=O)[O-])c(Br)c1. The second kappa shape index (κ2) is 5.27. The van der Waals surface area contributed by atoms with Crippen LogP contribution < -0.4 is 0 Å². The number of rotatable bonds is 3. The molecule has 0 heterocycles. The minimum absolute atomic E-state index is 0.109. The first kappa shape index (κ1) is 12.9. The van der Waals surface area contributed by atoms with Crippen LogP contribution in [0.4, 0.5) is 5.69 Å². The summed E-state index contributed by atoms with van der Waals surface area (Å²) in [6, 6.07) is 2.52. The summed E-state index contributed by atoms with van der Waals surface area (Å²) in [5.74, 6) is -0.569. The molecule has 0 radical (unpaired) electrons. The van der Waals surface area contributed by atoms with Gasteiger partial charge in [0.2, 0.25) is 0 Å². The Kier molecular flexibility index (Phi) is 4.26. The molecule has 0 aliphatic heterocycles. The summed E-state index contributed by atoms with van der Waals surface area (Å²) in [5, 5.41) is 10.5. The van der Waals surface area contributed by atoms with Crippen molar-refractivity contribution in [3.63, 3.8) is 0 Å². The van der Waals surface area contributed by atoms with E-state index in [-0.39, 0.29) is 27.4 Å². The predicted octanol–water partition coefficient (Wildman–Crippen LogP) is 3.19. The van der Waals surface area contributed by atoms with Crippen molar-refractivity contribution < 1.29 is 14.5 Å². The third-order valence-corrected chi connectivity index (χ3v) is 2.60. The van der Waals surface area contributed by atoms with E-state index >= 15 is 0 Å². The molecular formula is C9H7BrClNO4. The van der Waals surface area contributed by atoms with E-state index in [0.29, 0.717) is 0 Å². The van der Waals surface area contributed by atoms with Gasteiger partial charge in [0, 0.05) is 0 Å². The van der Waals surface area contributed by atoms with E-state index in [0.717, 1.165) is 0 Å². The maximum atomic E-state index is 11.4. The van der Waals surface area contributed by atoms with Gasteiger partial charge in [0.25, 0.3) is 0 Å². The quantitative estimate of drug-likeness (QED) is 0.488. The highest BCUT2D eigenvalue weighted by Gasteiger charge is 2.21. The number of carbonyl (C=O) groups is 1. The summed E-state index contributed by atoms with van der Waals surface area (Å²) in [5.41, 5.74) is -0.0981. The van der Waals surface area contributed by atoms with Crippen molar-refractivity contribution in [3.8, 4) is 0 Å². The van der Waals surface area contributed by atoms with Crippen molar-refractivity contribution in [2.45, 2.75) is 6.92 Å². The van der Waals surface area contributed by atoms with Crippen LogP contribution in [-0.2, 0) is 4.74 Å². The van der Waals surface area contributed by atoms with Crippen LogP contribution in [0.15, 0.2) is 16.6 Å². The Bertz CT molecular complexity index is 426. The number of nitro benzene ring substituents is 1. The van der Waals surface area contributed by atoms with Crippen LogP contribution in [-0.4, -0.2) is 17.5 Å². The van der Waals surface area contributed by atoms with Gasteiger partial charge < -0.3 is 4.74 Å². The van der Waals surface area contributed by atoms with E-state index in [2.05, 4.69) is 15.9 Å². The molecule has 0 atom stereocenters. The highest BCUT2D eigenvalue weighted by Crippen LogP contribution is 2.34. The first-order valence-corrected chi connectivity index (χ1v) is 5.45. The molecule has 86 valence electrons. The molecule has 1 rings (SSSR count). The monoisotopic (exact) mass is 307 g/mol. The normalized spacial score (nSPS) is 9.94. The molecule has 0 spiro atoms.